The Kier molecular flexibility index (Phi) is 5.77. The van der Waals surface area contributed by atoms with E-state index < -0.39 is 21.7 Å². The quantitative estimate of drug-likeness (QED) is 0.406. The summed E-state index contributed by atoms with van der Waals surface area (Å²) in [6.45, 7) is 3.34. The van der Waals surface area contributed by atoms with Gasteiger partial charge in [0.1, 0.15) is 11.6 Å². The van der Waals surface area contributed by atoms with Gasteiger partial charge in [0.15, 0.2) is 0 Å². The van der Waals surface area contributed by atoms with E-state index in [1.807, 2.05) is 24.3 Å². The van der Waals surface area contributed by atoms with Crippen molar-refractivity contribution in [2.45, 2.75) is 24.8 Å². The van der Waals surface area contributed by atoms with Gasteiger partial charge >= 0.3 is 0 Å². The summed E-state index contributed by atoms with van der Waals surface area (Å²) >= 11 is 0. The van der Waals surface area contributed by atoms with Crippen LogP contribution in [0, 0.1) is 5.82 Å². The number of aromatic amines is 1. The fraction of sp³-hybridized carbons (Fsp3) is 0.130. The maximum atomic E-state index is 14.3. The van der Waals surface area contributed by atoms with Gasteiger partial charge in [-0.2, -0.15) is 0 Å². The van der Waals surface area contributed by atoms with Crippen molar-refractivity contribution < 1.29 is 17.6 Å². The Morgan fingerprint density at radius 1 is 1.03 bits per heavy atom. The largest absolute Gasteiger partial charge is 0.338 e. The molecular formula is C23H21FN4O3S. The molecular weight excluding hydrogens is 431 g/mol. The van der Waals surface area contributed by atoms with Gasteiger partial charge in [-0.1, -0.05) is 12.1 Å². The standard InChI is InChI=1S/C23H21FN4O3S/c1-14(2)28-32(30,31)17-11-12-19(24)18(13-17)23(29)25-16-9-7-15(8-10-16)22-26-20-5-3-4-6-21(20)27-22/h3-14,28H,1-2H3,(H,25,29)(H,26,27). The molecule has 0 bridgehead atoms. The number of nitrogens with zero attached hydrogens (tertiary/aromatic N) is 1. The van der Waals surface area contributed by atoms with E-state index in [0.29, 0.717) is 11.5 Å². The lowest BCUT2D eigenvalue weighted by atomic mass is 10.1. The van der Waals surface area contributed by atoms with E-state index in [9.17, 15) is 17.6 Å². The van der Waals surface area contributed by atoms with E-state index in [1.54, 1.807) is 38.1 Å². The van der Waals surface area contributed by atoms with Gasteiger partial charge in [0, 0.05) is 17.3 Å². The summed E-state index contributed by atoms with van der Waals surface area (Å²) in [4.78, 5) is 20.2. The van der Waals surface area contributed by atoms with Crippen LogP contribution in [0.4, 0.5) is 10.1 Å². The van der Waals surface area contributed by atoms with E-state index in [2.05, 4.69) is 20.0 Å². The SMILES string of the molecule is CC(C)NS(=O)(=O)c1ccc(F)c(C(=O)Nc2ccc(-c3nc4ccccc4[nH]3)cc2)c1. The van der Waals surface area contributed by atoms with E-state index in [1.165, 1.54) is 0 Å². The minimum absolute atomic E-state index is 0.182. The van der Waals surface area contributed by atoms with Crippen LogP contribution in [0.15, 0.2) is 71.6 Å². The van der Waals surface area contributed by atoms with Crippen molar-refractivity contribution in [3.05, 3.63) is 78.1 Å². The van der Waals surface area contributed by atoms with Crippen molar-refractivity contribution in [3.8, 4) is 11.4 Å². The number of rotatable bonds is 6. The molecule has 164 valence electrons. The number of aromatic nitrogens is 2. The summed E-state index contributed by atoms with van der Waals surface area (Å²) in [6, 6.07) is 17.3. The van der Waals surface area contributed by atoms with Gasteiger partial charge in [-0.15, -0.1) is 0 Å². The van der Waals surface area contributed by atoms with Crippen LogP contribution in [0.25, 0.3) is 22.4 Å². The van der Waals surface area contributed by atoms with Gasteiger partial charge in [0.2, 0.25) is 10.0 Å². The number of para-hydroxylation sites is 2. The topological polar surface area (TPSA) is 104 Å². The Labute approximate surface area is 184 Å². The molecule has 0 atom stereocenters. The van der Waals surface area contributed by atoms with Crippen LogP contribution >= 0.6 is 0 Å². The number of imidazole rings is 1. The zero-order valence-corrected chi connectivity index (χ0v) is 18.2. The summed E-state index contributed by atoms with van der Waals surface area (Å²) in [5.41, 5.74) is 2.65. The van der Waals surface area contributed by atoms with Gasteiger partial charge in [0.25, 0.3) is 5.91 Å². The van der Waals surface area contributed by atoms with Crippen molar-refractivity contribution in [1.82, 2.24) is 14.7 Å². The van der Waals surface area contributed by atoms with Crippen LogP contribution in [0.3, 0.4) is 0 Å². The van der Waals surface area contributed by atoms with Gasteiger partial charge in [-0.3, -0.25) is 4.79 Å². The molecule has 3 aromatic carbocycles. The minimum atomic E-state index is -3.86. The van der Waals surface area contributed by atoms with Crippen molar-refractivity contribution in [2.75, 3.05) is 5.32 Å². The maximum Gasteiger partial charge on any atom is 0.258 e. The summed E-state index contributed by atoms with van der Waals surface area (Å²) in [5.74, 6) is -0.879. The second kappa shape index (κ2) is 8.52. The van der Waals surface area contributed by atoms with E-state index >= 15 is 0 Å². The number of carbonyl (C=O) groups excluding carboxylic acids is 1. The molecule has 0 saturated carbocycles. The third kappa shape index (κ3) is 4.53. The van der Waals surface area contributed by atoms with E-state index in [4.69, 9.17) is 0 Å². The van der Waals surface area contributed by atoms with Crippen LogP contribution in [0.5, 0.6) is 0 Å². The zero-order valence-electron chi connectivity index (χ0n) is 17.4. The van der Waals surface area contributed by atoms with Crippen LogP contribution in [-0.2, 0) is 10.0 Å². The number of hydrogen-bond acceptors (Lipinski definition) is 4. The molecule has 3 N–H and O–H groups in total. The first-order chi connectivity index (χ1) is 15.2. The number of nitrogens with one attached hydrogen (secondary N) is 3. The number of carbonyl (C=O) groups is 1. The predicted molar refractivity (Wildman–Crippen MR) is 121 cm³/mol. The highest BCUT2D eigenvalue weighted by molar-refractivity contribution is 7.89. The second-order valence-electron chi connectivity index (χ2n) is 7.55. The first-order valence-electron chi connectivity index (χ1n) is 9.91. The molecule has 4 rings (SSSR count). The zero-order chi connectivity index (χ0) is 22.9. The normalized spacial score (nSPS) is 11.8. The van der Waals surface area contributed by atoms with Crippen molar-refractivity contribution in [2.24, 2.45) is 0 Å². The lowest BCUT2D eigenvalue weighted by Crippen LogP contribution is -2.30. The number of fused-ring (bicyclic) bond motifs is 1. The molecule has 0 aliphatic heterocycles. The molecule has 32 heavy (non-hydrogen) atoms. The number of benzene rings is 3. The first-order valence-corrected chi connectivity index (χ1v) is 11.4. The van der Waals surface area contributed by atoms with Crippen LogP contribution in [-0.4, -0.2) is 30.3 Å². The van der Waals surface area contributed by atoms with Gasteiger partial charge in [-0.05, 0) is 68.4 Å². The molecule has 0 aliphatic rings. The van der Waals surface area contributed by atoms with Gasteiger partial charge in [-0.25, -0.2) is 22.5 Å². The molecule has 1 heterocycles. The summed E-state index contributed by atoms with van der Waals surface area (Å²) in [7, 11) is -3.86. The van der Waals surface area contributed by atoms with Crippen molar-refractivity contribution in [1.29, 1.82) is 0 Å². The molecule has 0 saturated heterocycles. The number of H-pyrrole nitrogens is 1. The fourth-order valence-electron chi connectivity index (χ4n) is 3.22. The number of anilines is 1. The molecule has 4 aromatic rings. The number of sulfonamides is 1. The maximum absolute atomic E-state index is 14.3. The Morgan fingerprint density at radius 3 is 2.44 bits per heavy atom. The smallest absolute Gasteiger partial charge is 0.258 e. The fourth-order valence-corrected chi connectivity index (χ4v) is 4.50. The van der Waals surface area contributed by atoms with Crippen LogP contribution in [0.1, 0.15) is 24.2 Å². The summed E-state index contributed by atoms with van der Waals surface area (Å²) in [6.07, 6.45) is 0. The number of amides is 1. The second-order valence-corrected chi connectivity index (χ2v) is 9.27. The molecule has 0 radical (unpaired) electrons. The summed E-state index contributed by atoms with van der Waals surface area (Å²) < 4.78 is 41.4. The Balaban J connectivity index is 1.54. The Morgan fingerprint density at radius 2 is 1.75 bits per heavy atom. The summed E-state index contributed by atoms with van der Waals surface area (Å²) in [5, 5.41) is 2.60. The van der Waals surface area contributed by atoms with E-state index in [0.717, 1.165) is 34.8 Å². The van der Waals surface area contributed by atoms with Gasteiger partial charge < -0.3 is 10.3 Å². The lowest BCUT2D eigenvalue weighted by molar-refractivity contribution is 0.102. The third-order valence-corrected chi connectivity index (χ3v) is 6.35. The van der Waals surface area contributed by atoms with Crippen molar-refractivity contribution >= 4 is 32.7 Å². The van der Waals surface area contributed by atoms with E-state index in [-0.39, 0.29) is 16.5 Å². The molecule has 0 aliphatic carbocycles. The average Bonchev–Trinajstić information content (AvgIpc) is 3.17. The van der Waals surface area contributed by atoms with Crippen molar-refractivity contribution in [3.63, 3.8) is 0 Å². The molecule has 9 heteroatoms. The molecule has 0 spiro atoms. The molecule has 7 nitrogen and oxygen atoms in total. The Bertz CT molecular complexity index is 1360. The highest BCUT2D eigenvalue weighted by atomic mass is 32.2. The third-order valence-electron chi connectivity index (χ3n) is 4.69. The average molecular weight is 453 g/mol. The lowest BCUT2D eigenvalue weighted by Gasteiger charge is -2.11. The predicted octanol–water partition coefficient (Wildman–Crippen LogP) is 4.31. The minimum Gasteiger partial charge on any atom is -0.338 e. The van der Waals surface area contributed by atoms with Crippen LogP contribution in [0.2, 0.25) is 0 Å². The van der Waals surface area contributed by atoms with Crippen LogP contribution < -0.4 is 10.0 Å². The monoisotopic (exact) mass is 452 g/mol. The highest BCUT2D eigenvalue weighted by Gasteiger charge is 2.20. The Hall–Kier alpha value is -3.56. The molecule has 0 unspecified atom stereocenters. The first kappa shape index (κ1) is 21.7. The molecule has 1 amide bonds. The highest BCUT2D eigenvalue weighted by Crippen LogP contribution is 2.23. The number of hydrogen-bond donors (Lipinski definition) is 3. The molecule has 1 aromatic heterocycles. The van der Waals surface area contributed by atoms with Gasteiger partial charge in [0.05, 0.1) is 21.5 Å². The number of halogens is 1. The molecule has 0 fully saturated rings.